The second-order valence-corrected chi connectivity index (χ2v) is 4.43. The molecule has 1 amide bonds. The van der Waals surface area contributed by atoms with Gasteiger partial charge in [-0.3, -0.25) is 9.69 Å². The van der Waals surface area contributed by atoms with Crippen LogP contribution in [0.2, 0.25) is 0 Å². The molecular formula is C12H22N2O. The van der Waals surface area contributed by atoms with E-state index < -0.39 is 0 Å². The average molecular weight is 210 g/mol. The summed E-state index contributed by atoms with van der Waals surface area (Å²) in [6.07, 6.45) is 4.33. The summed E-state index contributed by atoms with van der Waals surface area (Å²) >= 11 is 0. The summed E-state index contributed by atoms with van der Waals surface area (Å²) in [6, 6.07) is -0.0758. The number of amides is 1. The number of likely N-dealkylation sites (N-methyl/N-ethyl adjacent to an activating group) is 1. The Hall–Kier alpha value is -0.830. The molecule has 1 saturated heterocycles. The number of allylic oxidation sites excluding steroid dienone is 1. The van der Waals surface area contributed by atoms with E-state index in [4.69, 9.17) is 0 Å². The molecule has 0 N–H and O–H groups in total. The number of likely N-dealkylation sites (tertiary alicyclic amines) is 1. The molecule has 0 spiro atoms. The van der Waals surface area contributed by atoms with Gasteiger partial charge in [-0.05, 0) is 40.8 Å². The monoisotopic (exact) mass is 210 g/mol. The first-order valence-electron chi connectivity index (χ1n) is 5.66. The summed E-state index contributed by atoms with van der Waals surface area (Å²) in [5, 5.41) is 0. The van der Waals surface area contributed by atoms with Gasteiger partial charge < -0.3 is 4.90 Å². The van der Waals surface area contributed by atoms with E-state index in [1.54, 1.807) is 0 Å². The van der Waals surface area contributed by atoms with Crippen molar-refractivity contribution in [3.05, 3.63) is 11.6 Å². The zero-order valence-corrected chi connectivity index (χ0v) is 10.3. The normalized spacial score (nSPS) is 19.8. The van der Waals surface area contributed by atoms with Crippen LogP contribution in [0, 0.1) is 0 Å². The van der Waals surface area contributed by atoms with E-state index in [-0.39, 0.29) is 11.9 Å². The van der Waals surface area contributed by atoms with E-state index in [2.05, 4.69) is 0 Å². The molecule has 1 atom stereocenters. The Kier molecular flexibility index (Phi) is 4.33. The Balaban J connectivity index is 2.75. The van der Waals surface area contributed by atoms with Crippen molar-refractivity contribution in [3.8, 4) is 0 Å². The highest BCUT2D eigenvalue weighted by Gasteiger charge is 2.28. The maximum Gasteiger partial charge on any atom is 0.244 e. The number of hydrogen-bond donors (Lipinski definition) is 0. The zero-order valence-electron chi connectivity index (χ0n) is 10.3. The van der Waals surface area contributed by atoms with Gasteiger partial charge in [0.25, 0.3) is 0 Å². The minimum atomic E-state index is -0.0758. The van der Waals surface area contributed by atoms with Crippen LogP contribution < -0.4 is 0 Å². The largest absolute Gasteiger partial charge is 0.341 e. The summed E-state index contributed by atoms with van der Waals surface area (Å²) in [7, 11) is 3.93. The second-order valence-electron chi connectivity index (χ2n) is 4.43. The maximum absolute atomic E-state index is 12.2. The van der Waals surface area contributed by atoms with Crippen molar-refractivity contribution in [3.63, 3.8) is 0 Å². The maximum atomic E-state index is 12.2. The van der Waals surface area contributed by atoms with Gasteiger partial charge in [0, 0.05) is 13.1 Å². The van der Waals surface area contributed by atoms with Crippen LogP contribution in [0.15, 0.2) is 11.6 Å². The van der Waals surface area contributed by atoms with Crippen molar-refractivity contribution >= 4 is 5.91 Å². The van der Waals surface area contributed by atoms with Crippen LogP contribution in [0.4, 0.5) is 0 Å². The molecule has 1 aliphatic rings. The van der Waals surface area contributed by atoms with Gasteiger partial charge in [0.15, 0.2) is 0 Å². The Morgan fingerprint density at radius 3 is 2.27 bits per heavy atom. The van der Waals surface area contributed by atoms with Gasteiger partial charge in [0.1, 0.15) is 6.04 Å². The molecule has 1 fully saturated rings. The molecule has 0 aromatic carbocycles. The van der Waals surface area contributed by atoms with E-state index in [1.165, 1.54) is 0 Å². The number of rotatable bonds is 3. The molecule has 1 rings (SSSR count). The van der Waals surface area contributed by atoms with Gasteiger partial charge in [-0.25, -0.2) is 0 Å². The molecule has 0 bridgehead atoms. The molecule has 15 heavy (non-hydrogen) atoms. The van der Waals surface area contributed by atoms with Gasteiger partial charge in [-0.15, -0.1) is 0 Å². The first-order valence-corrected chi connectivity index (χ1v) is 5.66. The van der Waals surface area contributed by atoms with Crippen LogP contribution in [0.5, 0.6) is 0 Å². The Labute approximate surface area is 92.7 Å². The number of carbonyl (C=O) groups excluding carboxylic acids is 1. The summed E-state index contributed by atoms with van der Waals surface area (Å²) in [5.74, 6) is 0.258. The van der Waals surface area contributed by atoms with E-state index in [1.807, 2.05) is 43.8 Å². The van der Waals surface area contributed by atoms with Crippen LogP contribution in [0.1, 0.15) is 26.7 Å². The molecule has 0 saturated carbocycles. The lowest BCUT2D eigenvalue weighted by atomic mass is 10.1. The highest BCUT2D eigenvalue weighted by atomic mass is 16.2. The molecule has 1 aliphatic heterocycles. The highest BCUT2D eigenvalue weighted by molar-refractivity contribution is 5.85. The molecule has 0 unspecified atom stereocenters. The second kappa shape index (κ2) is 5.31. The van der Waals surface area contributed by atoms with Crippen LogP contribution in [0.25, 0.3) is 0 Å². The van der Waals surface area contributed by atoms with Gasteiger partial charge in [0.05, 0.1) is 0 Å². The van der Waals surface area contributed by atoms with E-state index >= 15 is 0 Å². The quantitative estimate of drug-likeness (QED) is 0.659. The van der Waals surface area contributed by atoms with Crippen LogP contribution in [0.3, 0.4) is 0 Å². The Morgan fingerprint density at radius 1 is 1.33 bits per heavy atom. The third-order valence-electron chi connectivity index (χ3n) is 3.05. The lowest BCUT2D eigenvalue weighted by Gasteiger charge is -2.28. The topological polar surface area (TPSA) is 23.6 Å². The van der Waals surface area contributed by atoms with E-state index in [9.17, 15) is 4.79 Å². The fourth-order valence-electron chi connectivity index (χ4n) is 2.09. The lowest BCUT2D eigenvalue weighted by molar-refractivity contribution is -0.133. The van der Waals surface area contributed by atoms with Gasteiger partial charge in [-0.1, -0.05) is 11.6 Å². The molecule has 3 heteroatoms. The van der Waals surface area contributed by atoms with Crippen molar-refractivity contribution in [1.29, 1.82) is 0 Å². The summed E-state index contributed by atoms with van der Waals surface area (Å²) in [5.41, 5.74) is 1.14. The van der Waals surface area contributed by atoms with Crippen molar-refractivity contribution in [2.24, 2.45) is 0 Å². The highest BCUT2D eigenvalue weighted by Crippen LogP contribution is 2.15. The van der Waals surface area contributed by atoms with Crippen LogP contribution >= 0.6 is 0 Å². The number of hydrogen-bond acceptors (Lipinski definition) is 2. The zero-order chi connectivity index (χ0) is 11.4. The number of carbonyl (C=O) groups is 1. The molecular weight excluding hydrogens is 188 g/mol. The summed E-state index contributed by atoms with van der Waals surface area (Å²) in [6.45, 7) is 5.88. The van der Waals surface area contributed by atoms with Crippen LogP contribution in [-0.4, -0.2) is 48.9 Å². The fraction of sp³-hybridized carbons (Fsp3) is 0.750. The SMILES string of the molecule is C/C=C(\C)[C@@H](C(=O)N1CCCC1)N(C)C. The molecule has 0 radical (unpaired) electrons. The Bertz CT molecular complexity index is 252. The molecule has 3 nitrogen and oxygen atoms in total. The molecule has 0 aromatic heterocycles. The van der Waals surface area contributed by atoms with Crippen molar-refractivity contribution in [2.75, 3.05) is 27.2 Å². The van der Waals surface area contributed by atoms with Gasteiger partial charge in [-0.2, -0.15) is 0 Å². The minimum Gasteiger partial charge on any atom is -0.341 e. The third-order valence-corrected chi connectivity index (χ3v) is 3.05. The summed E-state index contributed by atoms with van der Waals surface area (Å²) < 4.78 is 0. The molecule has 0 aromatic rings. The van der Waals surface area contributed by atoms with E-state index in [0.717, 1.165) is 31.5 Å². The molecule has 1 heterocycles. The minimum absolute atomic E-state index is 0.0758. The molecule has 86 valence electrons. The average Bonchev–Trinajstić information content (AvgIpc) is 2.69. The molecule has 0 aliphatic carbocycles. The van der Waals surface area contributed by atoms with Crippen molar-refractivity contribution < 1.29 is 4.79 Å². The van der Waals surface area contributed by atoms with Crippen LogP contribution in [-0.2, 0) is 4.79 Å². The Morgan fingerprint density at radius 2 is 1.87 bits per heavy atom. The predicted molar refractivity (Wildman–Crippen MR) is 62.7 cm³/mol. The van der Waals surface area contributed by atoms with Gasteiger partial charge in [0.2, 0.25) is 5.91 Å². The predicted octanol–water partition coefficient (Wildman–Crippen LogP) is 1.51. The third kappa shape index (κ3) is 2.81. The van der Waals surface area contributed by atoms with Crippen molar-refractivity contribution in [1.82, 2.24) is 9.80 Å². The standard InChI is InChI=1S/C12H22N2O/c1-5-10(2)11(13(3)4)12(15)14-8-6-7-9-14/h5,11H,6-9H2,1-4H3/b10-5+/t11-/m0/s1. The van der Waals surface area contributed by atoms with E-state index in [0.29, 0.717) is 0 Å². The lowest BCUT2D eigenvalue weighted by Crippen LogP contribution is -2.45. The first kappa shape index (κ1) is 12.2. The van der Waals surface area contributed by atoms with Gasteiger partial charge >= 0.3 is 0 Å². The number of nitrogens with zero attached hydrogens (tertiary/aromatic N) is 2. The van der Waals surface area contributed by atoms with Crippen molar-refractivity contribution in [2.45, 2.75) is 32.7 Å². The smallest absolute Gasteiger partial charge is 0.244 e. The summed E-state index contributed by atoms with van der Waals surface area (Å²) in [4.78, 5) is 16.2. The first-order chi connectivity index (χ1) is 7.07. The fourth-order valence-corrected chi connectivity index (χ4v) is 2.09.